The van der Waals surface area contributed by atoms with Crippen molar-refractivity contribution in [2.24, 2.45) is 11.1 Å². The Labute approximate surface area is 76.1 Å². The molecule has 0 aliphatic carbocycles. The molecule has 5 nitrogen and oxygen atoms in total. The Morgan fingerprint density at radius 1 is 1.54 bits per heavy atom. The zero-order valence-electron chi connectivity index (χ0n) is 7.66. The molecule has 0 saturated carbocycles. The summed E-state index contributed by atoms with van der Waals surface area (Å²) in [5.74, 6) is -0.907. The van der Waals surface area contributed by atoms with Gasteiger partial charge in [-0.1, -0.05) is 19.0 Å². The van der Waals surface area contributed by atoms with E-state index in [-0.39, 0.29) is 5.92 Å². The lowest BCUT2D eigenvalue weighted by molar-refractivity contribution is -0.138. The summed E-state index contributed by atoms with van der Waals surface area (Å²) in [5.41, 5.74) is 0. The van der Waals surface area contributed by atoms with Gasteiger partial charge >= 0.3 is 0 Å². The van der Waals surface area contributed by atoms with E-state index in [2.05, 4.69) is 15.3 Å². The molecule has 1 heterocycles. The SMILES string of the molecule is CC(C)C(=O)C(=O)NC1=NOCC1. The molecule has 0 aromatic carbocycles. The number of amidine groups is 1. The van der Waals surface area contributed by atoms with Gasteiger partial charge in [0.15, 0.2) is 5.84 Å². The van der Waals surface area contributed by atoms with Gasteiger partial charge in [0.25, 0.3) is 5.91 Å². The summed E-state index contributed by atoms with van der Waals surface area (Å²) in [5, 5.41) is 5.95. The summed E-state index contributed by atoms with van der Waals surface area (Å²) in [4.78, 5) is 26.9. The van der Waals surface area contributed by atoms with E-state index in [1.54, 1.807) is 13.8 Å². The molecule has 1 aliphatic heterocycles. The molecular weight excluding hydrogens is 172 g/mol. The van der Waals surface area contributed by atoms with Crippen LogP contribution in [-0.4, -0.2) is 24.1 Å². The van der Waals surface area contributed by atoms with Crippen molar-refractivity contribution in [2.75, 3.05) is 6.61 Å². The minimum absolute atomic E-state index is 0.289. The van der Waals surface area contributed by atoms with E-state index in [1.165, 1.54) is 0 Å². The first kappa shape index (κ1) is 9.70. The zero-order chi connectivity index (χ0) is 9.84. The van der Waals surface area contributed by atoms with Crippen LogP contribution in [-0.2, 0) is 14.4 Å². The Kier molecular flexibility index (Phi) is 3.00. The predicted octanol–water partition coefficient (Wildman–Crippen LogP) is 0.0615. The second kappa shape index (κ2) is 4.02. The number of hydrogen-bond acceptors (Lipinski definition) is 4. The summed E-state index contributed by atoms with van der Waals surface area (Å²) in [7, 11) is 0. The molecule has 0 unspecified atom stereocenters. The highest BCUT2D eigenvalue weighted by atomic mass is 16.6. The maximum atomic E-state index is 11.1. The average Bonchev–Trinajstić information content (AvgIpc) is 2.55. The average molecular weight is 184 g/mol. The van der Waals surface area contributed by atoms with Crippen molar-refractivity contribution in [3.63, 3.8) is 0 Å². The van der Waals surface area contributed by atoms with E-state index in [0.717, 1.165) is 0 Å². The first-order valence-electron chi connectivity index (χ1n) is 4.15. The number of carbonyl (C=O) groups is 2. The van der Waals surface area contributed by atoms with Crippen molar-refractivity contribution in [3.05, 3.63) is 0 Å². The lowest BCUT2D eigenvalue weighted by atomic mass is 10.1. The number of rotatable bonds is 2. The molecule has 72 valence electrons. The zero-order valence-corrected chi connectivity index (χ0v) is 7.66. The molecule has 0 bridgehead atoms. The third kappa shape index (κ3) is 2.54. The number of ketones is 1. The van der Waals surface area contributed by atoms with Crippen LogP contribution >= 0.6 is 0 Å². The Bertz CT molecular complexity index is 258. The lowest BCUT2D eigenvalue weighted by Gasteiger charge is -2.03. The summed E-state index contributed by atoms with van der Waals surface area (Å²) >= 11 is 0. The number of hydrogen-bond donors (Lipinski definition) is 1. The first-order chi connectivity index (χ1) is 6.11. The van der Waals surface area contributed by atoms with Crippen molar-refractivity contribution >= 4 is 17.5 Å². The molecular formula is C8H12N2O3. The van der Waals surface area contributed by atoms with Gasteiger partial charge in [0.2, 0.25) is 5.78 Å². The number of nitrogens with one attached hydrogen (secondary N) is 1. The molecule has 0 saturated heterocycles. The minimum atomic E-state index is -0.612. The van der Waals surface area contributed by atoms with Gasteiger partial charge in [-0.3, -0.25) is 9.59 Å². The third-order valence-electron chi connectivity index (χ3n) is 1.61. The first-order valence-corrected chi connectivity index (χ1v) is 4.15. The highest BCUT2D eigenvalue weighted by Crippen LogP contribution is 1.98. The maximum absolute atomic E-state index is 11.1. The van der Waals surface area contributed by atoms with Crippen LogP contribution in [0, 0.1) is 5.92 Å². The van der Waals surface area contributed by atoms with Crippen LogP contribution in [0.25, 0.3) is 0 Å². The van der Waals surface area contributed by atoms with E-state index >= 15 is 0 Å². The van der Waals surface area contributed by atoms with Gasteiger partial charge < -0.3 is 10.2 Å². The number of oxime groups is 1. The second-order valence-electron chi connectivity index (χ2n) is 3.09. The van der Waals surface area contributed by atoms with Crippen molar-refractivity contribution in [2.45, 2.75) is 20.3 Å². The molecule has 0 aromatic rings. The topological polar surface area (TPSA) is 67.8 Å². The summed E-state index contributed by atoms with van der Waals surface area (Å²) < 4.78 is 0. The van der Waals surface area contributed by atoms with Crippen molar-refractivity contribution in [3.8, 4) is 0 Å². The normalized spacial score (nSPS) is 15.2. The Morgan fingerprint density at radius 2 is 2.23 bits per heavy atom. The quantitative estimate of drug-likeness (QED) is 0.617. The van der Waals surface area contributed by atoms with Gasteiger partial charge in [0, 0.05) is 12.3 Å². The van der Waals surface area contributed by atoms with Gasteiger partial charge in [0.05, 0.1) is 0 Å². The smallest absolute Gasteiger partial charge is 0.293 e. The molecule has 13 heavy (non-hydrogen) atoms. The molecule has 1 aliphatic rings. The number of amides is 1. The highest BCUT2D eigenvalue weighted by Gasteiger charge is 2.20. The molecule has 1 rings (SSSR count). The number of carbonyl (C=O) groups excluding carboxylic acids is 2. The van der Waals surface area contributed by atoms with Gasteiger partial charge in [-0.15, -0.1) is 0 Å². The van der Waals surface area contributed by atoms with Gasteiger partial charge in [-0.2, -0.15) is 0 Å². The molecule has 0 atom stereocenters. The van der Waals surface area contributed by atoms with Crippen LogP contribution in [0.5, 0.6) is 0 Å². The fourth-order valence-electron chi connectivity index (χ4n) is 0.852. The standard InChI is InChI=1S/C8H12N2O3/c1-5(2)7(11)8(12)9-6-3-4-13-10-6/h5H,3-4H2,1-2H3,(H,9,10,12). The van der Waals surface area contributed by atoms with Crippen LogP contribution in [0.2, 0.25) is 0 Å². The fraction of sp³-hybridized carbons (Fsp3) is 0.625. The second-order valence-corrected chi connectivity index (χ2v) is 3.09. The van der Waals surface area contributed by atoms with E-state index in [9.17, 15) is 9.59 Å². The molecule has 0 radical (unpaired) electrons. The molecule has 1 amide bonds. The van der Waals surface area contributed by atoms with E-state index in [0.29, 0.717) is 18.9 Å². The fourth-order valence-corrected chi connectivity index (χ4v) is 0.852. The van der Waals surface area contributed by atoms with Crippen LogP contribution in [0.15, 0.2) is 5.16 Å². The van der Waals surface area contributed by atoms with Crippen LogP contribution in [0.1, 0.15) is 20.3 Å². The molecule has 5 heteroatoms. The predicted molar refractivity (Wildman–Crippen MR) is 46.0 cm³/mol. The molecule has 0 aromatic heterocycles. The highest BCUT2D eigenvalue weighted by molar-refractivity contribution is 6.39. The minimum Gasteiger partial charge on any atom is -0.394 e. The van der Waals surface area contributed by atoms with Gasteiger partial charge in [-0.25, -0.2) is 0 Å². The van der Waals surface area contributed by atoms with Gasteiger partial charge in [0.1, 0.15) is 6.61 Å². The van der Waals surface area contributed by atoms with Crippen LogP contribution < -0.4 is 5.32 Å². The molecule has 0 spiro atoms. The summed E-state index contributed by atoms with van der Waals surface area (Å²) in [6.07, 6.45) is 0.553. The molecule has 1 N–H and O–H groups in total. The number of Topliss-reactive ketones (excluding diaryl/α,β-unsaturated/α-hetero) is 1. The van der Waals surface area contributed by atoms with Crippen molar-refractivity contribution in [1.82, 2.24) is 5.32 Å². The largest absolute Gasteiger partial charge is 0.394 e. The van der Waals surface area contributed by atoms with Crippen LogP contribution in [0.3, 0.4) is 0 Å². The number of nitrogens with zero attached hydrogens (tertiary/aromatic N) is 1. The van der Waals surface area contributed by atoms with E-state index in [1.807, 2.05) is 0 Å². The Hall–Kier alpha value is -1.39. The maximum Gasteiger partial charge on any atom is 0.293 e. The monoisotopic (exact) mass is 184 g/mol. The van der Waals surface area contributed by atoms with Crippen molar-refractivity contribution in [1.29, 1.82) is 0 Å². The van der Waals surface area contributed by atoms with E-state index < -0.39 is 11.7 Å². The lowest BCUT2D eigenvalue weighted by Crippen LogP contribution is -2.37. The van der Waals surface area contributed by atoms with Gasteiger partial charge in [-0.05, 0) is 0 Å². The Balaban J connectivity index is 2.45. The van der Waals surface area contributed by atoms with Crippen LogP contribution in [0.4, 0.5) is 0 Å². The van der Waals surface area contributed by atoms with E-state index in [4.69, 9.17) is 0 Å². The summed E-state index contributed by atoms with van der Waals surface area (Å²) in [6, 6.07) is 0. The molecule has 0 fully saturated rings. The van der Waals surface area contributed by atoms with Crippen molar-refractivity contribution < 1.29 is 14.4 Å². The summed E-state index contributed by atoms with van der Waals surface area (Å²) in [6.45, 7) is 3.81. The Morgan fingerprint density at radius 3 is 2.69 bits per heavy atom. The third-order valence-corrected chi connectivity index (χ3v) is 1.61.